The number of alkyl halides is 1. The van der Waals surface area contributed by atoms with E-state index in [-0.39, 0.29) is 17.0 Å². The van der Waals surface area contributed by atoms with Crippen LogP contribution < -0.4 is 0 Å². The molecule has 0 aromatic heterocycles. The zero-order valence-electron chi connectivity index (χ0n) is 18.0. The third-order valence-corrected chi connectivity index (χ3v) is 5.51. The molecule has 4 heteroatoms. The van der Waals surface area contributed by atoms with Crippen LogP contribution in [0, 0.1) is 10.8 Å². The Kier molecular flexibility index (Phi) is 5.77. The van der Waals surface area contributed by atoms with Gasteiger partial charge in [-0.3, -0.25) is 18.9 Å². The zero-order valence-corrected chi connectivity index (χ0v) is 18.0. The van der Waals surface area contributed by atoms with Gasteiger partial charge in [-0.1, -0.05) is 71.0 Å². The Morgan fingerprint density at radius 3 is 2.03 bits per heavy atom. The number of nitrogens with zero attached hydrogens (tertiary/aromatic N) is 1. The molecule has 0 atom stereocenters. The fraction of sp³-hybridized carbons (Fsp3) is 0.440. The Bertz CT molecular complexity index is 923. The molecule has 0 radical (unpaired) electrons. The number of benzene rings is 2. The molecule has 0 unspecified atom stereocenters. The molecule has 2 aromatic rings. The quantitative estimate of drug-likeness (QED) is 0.597. The summed E-state index contributed by atoms with van der Waals surface area (Å²) >= 11 is 0. The molecule has 2 aromatic carbocycles. The summed E-state index contributed by atoms with van der Waals surface area (Å²) in [6.07, 6.45) is 0. The van der Waals surface area contributed by atoms with Crippen LogP contribution in [0.4, 0.5) is 4.39 Å². The highest BCUT2D eigenvalue weighted by atomic mass is 19.1. The van der Waals surface area contributed by atoms with E-state index in [0.717, 1.165) is 30.8 Å². The van der Waals surface area contributed by atoms with Crippen molar-refractivity contribution >= 4 is 11.6 Å². The molecule has 0 fully saturated rings. The Morgan fingerprint density at radius 1 is 0.862 bits per heavy atom. The first-order valence-corrected chi connectivity index (χ1v) is 10.1. The SMILES string of the molecule is CC(C)(C)C(=O)c1ccc2c(c1)CN(Cc1ccc(C(=O)C(C)(C)CF)cc1)C2. The van der Waals surface area contributed by atoms with Crippen molar-refractivity contribution in [3.8, 4) is 0 Å². The molecule has 1 aliphatic rings. The van der Waals surface area contributed by atoms with Crippen LogP contribution in [-0.4, -0.2) is 23.1 Å². The number of halogens is 1. The zero-order chi connectivity index (χ0) is 21.4. The van der Waals surface area contributed by atoms with E-state index < -0.39 is 12.1 Å². The third kappa shape index (κ3) is 4.64. The van der Waals surface area contributed by atoms with Crippen LogP contribution in [0.15, 0.2) is 42.5 Å². The van der Waals surface area contributed by atoms with E-state index in [1.807, 2.05) is 45.0 Å². The molecular weight excluding hydrogens is 365 g/mol. The molecule has 0 saturated heterocycles. The number of Topliss-reactive ketones (excluding diaryl/α,β-unsaturated/α-hetero) is 2. The van der Waals surface area contributed by atoms with Gasteiger partial charge in [-0.05, 0) is 22.8 Å². The van der Waals surface area contributed by atoms with E-state index in [4.69, 9.17) is 0 Å². The lowest BCUT2D eigenvalue weighted by Gasteiger charge is -2.19. The Balaban J connectivity index is 1.68. The van der Waals surface area contributed by atoms with Crippen LogP contribution in [0.3, 0.4) is 0 Å². The van der Waals surface area contributed by atoms with E-state index in [1.54, 1.807) is 26.0 Å². The maximum Gasteiger partial charge on any atom is 0.171 e. The average Bonchev–Trinajstić information content (AvgIpc) is 3.08. The Morgan fingerprint density at radius 2 is 1.45 bits per heavy atom. The number of fused-ring (bicyclic) bond motifs is 1. The topological polar surface area (TPSA) is 37.4 Å². The van der Waals surface area contributed by atoms with Gasteiger partial charge in [-0.25, -0.2) is 0 Å². The molecule has 1 heterocycles. The molecule has 3 rings (SSSR count). The molecule has 0 saturated carbocycles. The average molecular weight is 396 g/mol. The third-order valence-electron chi connectivity index (χ3n) is 5.51. The van der Waals surface area contributed by atoms with Crippen LogP contribution >= 0.6 is 0 Å². The van der Waals surface area contributed by atoms with Crippen LogP contribution in [0.5, 0.6) is 0 Å². The number of rotatable bonds is 6. The van der Waals surface area contributed by atoms with Gasteiger partial charge in [0.2, 0.25) is 0 Å². The van der Waals surface area contributed by atoms with Gasteiger partial charge in [0.05, 0.1) is 5.41 Å². The molecular formula is C25H30FNO2. The van der Waals surface area contributed by atoms with Crippen LogP contribution in [0.25, 0.3) is 0 Å². The van der Waals surface area contributed by atoms with E-state index in [1.165, 1.54) is 11.1 Å². The molecule has 0 spiro atoms. The first kappa shape index (κ1) is 21.4. The number of ketones is 2. The van der Waals surface area contributed by atoms with Crippen molar-refractivity contribution in [1.29, 1.82) is 0 Å². The molecule has 3 nitrogen and oxygen atoms in total. The predicted octanol–water partition coefficient (Wildman–Crippen LogP) is 5.61. The van der Waals surface area contributed by atoms with Crippen LogP contribution in [0.1, 0.15) is 72.0 Å². The van der Waals surface area contributed by atoms with Gasteiger partial charge in [0.15, 0.2) is 11.6 Å². The predicted molar refractivity (Wildman–Crippen MR) is 114 cm³/mol. The molecule has 29 heavy (non-hydrogen) atoms. The maximum atomic E-state index is 13.1. The summed E-state index contributed by atoms with van der Waals surface area (Å²) in [6.45, 7) is 10.8. The second-order valence-electron chi connectivity index (χ2n) is 9.75. The van der Waals surface area contributed by atoms with Gasteiger partial charge in [0.25, 0.3) is 0 Å². The summed E-state index contributed by atoms with van der Waals surface area (Å²) in [6, 6.07) is 13.5. The van der Waals surface area contributed by atoms with Gasteiger partial charge >= 0.3 is 0 Å². The maximum absolute atomic E-state index is 13.1. The number of hydrogen-bond donors (Lipinski definition) is 0. The summed E-state index contributed by atoms with van der Waals surface area (Å²) in [5, 5.41) is 0. The van der Waals surface area contributed by atoms with E-state index in [0.29, 0.717) is 5.56 Å². The van der Waals surface area contributed by atoms with E-state index >= 15 is 0 Å². The second-order valence-corrected chi connectivity index (χ2v) is 9.75. The molecule has 1 aliphatic heterocycles. The van der Waals surface area contributed by atoms with Gasteiger partial charge in [-0.2, -0.15) is 0 Å². The molecule has 0 aliphatic carbocycles. The second kappa shape index (κ2) is 7.83. The summed E-state index contributed by atoms with van der Waals surface area (Å²) in [5.41, 5.74) is 3.52. The number of carbonyl (C=O) groups excluding carboxylic acids is 2. The molecule has 154 valence electrons. The molecule has 0 bridgehead atoms. The van der Waals surface area contributed by atoms with E-state index in [2.05, 4.69) is 11.0 Å². The monoisotopic (exact) mass is 395 g/mol. The lowest BCUT2D eigenvalue weighted by atomic mass is 9.85. The summed E-state index contributed by atoms with van der Waals surface area (Å²) in [7, 11) is 0. The van der Waals surface area contributed by atoms with Crippen molar-refractivity contribution in [2.45, 2.75) is 54.3 Å². The highest BCUT2D eigenvalue weighted by molar-refractivity contribution is 6.00. The molecule has 0 N–H and O–H groups in total. The first-order chi connectivity index (χ1) is 13.5. The Labute approximate surface area is 172 Å². The first-order valence-electron chi connectivity index (χ1n) is 10.1. The lowest BCUT2D eigenvalue weighted by Crippen LogP contribution is -2.26. The van der Waals surface area contributed by atoms with Gasteiger partial charge in [-0.15, -0.1) is 0 Å². The van der Waals surface area contributed by atoms with E-state index in [9.17, 15) is 14.0 Å². The standard InChI is InChI=1S/C25H30FNO2/c1-24(2,3)22(28)19-10-11-20-14-27(15-21(20)12-19)13-17-6-8-18(9-7-17)23(29)25(4,5)16-26/h6-12H,13-16H2,1-5H3. The summed E-state index contributed by atoms with van der Waals surface area (Å²) in [5.74, 6) is -0.00798. The minimum atomic E-state index is -0.986. The Hall–Kier alpha value is -2.33. The van der Waals surface area contributed by atoms with Crippen LogP contribution in [-0.2, 0) is 19.6 Å². The van der Waals surface area contributed by atoms with Gasteiger partial charge in [0, 0.05) is 36.2 Å². The van der Waals surface area contributed by atoms with Crippen molar-refractivity contribution < 1.29 is 14.0 Å². The highest BCUT2D eigenvalue weighted by Gasteiger charge is 2.29. The smallest absolute Gasteiger partial charge is 0.171 e. The molecule has 0 amide bonds. The van der Waals surface area contributed by atoms with Crippen molar-refractivity contribution in [2.24, 2.45) is 10.8 Å². The lowest BCUT2D eigenvalue weighted by molar-refractivity contribution is 0.0800. The minimum Gasteiger partial charge on any atom is -0.294 e. The number of hydrogen-bond acceptors (Lipinski definition) is 3. The van der Waals surface area contributed by atoms with Crippen molar-refractivity contribution in [2.75, 3.05) is 6.67 Å². The van der Waals surface area contributed by atoms with Crippen molar-refractivity contribution in [3.63, 3.8) is 0 Å². The fourth-order valence-corrected chi connectivity index (χ4v) is 3.62. The van der Waals surface area contributed by atoms with Crippen LogP contribution in [0.2, 0.25) is 0 Å². The van der Waals surface area contributed by atoms with Crippen molar-refractivity contribution in [1.82, 2.24) is 4.90 Å². The minimum absolute atomic E-state index is 0.162. The van der Waals surface area contributed by atoms with Crippen molar-refractivity contribution in [3.05, 3.63) is 70.3 Å². The highest BCUT2D eigenvalue weighted by Crippen LogP contribution is 2.29. The van der Waals surface area contributed by atoms with Gasteiger partial charge < -0.3 is 0 Å². The number of carbonyl (C=O) groups is 2. The summed E-state index contributed by atoms with van der Waals surface area (Å²) < 4.78 is 13.1. The summed E-state index contributed by atoms with van der Waals surface area (Å²) in [4.78, 5) is 27.3. The largest absolute Gasteiger partial charge is 0.294 e. The fourth-order valence-electron chi connectivity index (χ4n) is 3.62. The van der Waals surface area contributed by atoms with Gasteiger partial charge in [0.1, 0.15) is 6.67 Å². The normalized spacial score (nSPS) is 14.7.